The number of hydrogen-bond donors (Lipinski definition) is 0. The van der Waals surface area contributed by atoms with Crippen LogP contribution < -0.4 is 0 Å². The van der Waals surface area contributed by atoms with Crippen molar-refractivity contribution in [3.63, 3.8) is 0 Å². The van der Waals surface area contributed by atoms with Crippen LogP contribution in [-0.4, -0.2) is 42.4 Å². The van der Waals surface area contributed by atoms with Crippen LogP contribution in [0.5, 0.6) is 0 Å². The van der Waals surface area contributed by atoms with Crippen LogP contribution in [0.25, 0.3) is 0 Å². The van der Waals surface area contributed by atoms with Gasteiger partial charge in [0.05, 0.1) is 0 Å². The van der Waals surface area contributed by atoms with E-state index in [0.29, 0.717) is 0 Å². The molecule has 1 aromatic rings. The van der Waals surface area contributed by atoms with Gasteiger partial charge in [-0.1, -0.05) is 0 Å². The van der Waals surface area contributed by atoms with Crippen molar-refractivity contribution in [2.75, 3.05) is 13.1 Å². The first kappa shape index (κ1) is 24.4. The predicted octanol–water partition coefficient (Wildman–Crippen LogP) is 8.13. The summed E-state index contributed by atoms with van der Waals surface area (Å²) in [5, 5.41) is 0. The van der Waals surface area contributed by atoms with Crippen LogP contribution in [0.15, 0.2) is 34.4 Å². The van der Waals surface area contributed by atoms with E-state index in [9.17, 15) is 0 Å². The van der Waals surface area contributed by atoms with E-state index in [2.05, 4.69) is 60.1 Å². The molecule has 0 unspecified atom stereocenters. The van der Waals surface area contributed by atoms with Gasteiger partial charge in [0.2, 0.25) is 0 Å². The van der Waals surface area contributed by atoms with Crippen molar-refractivity contribution < 1.29 is 0 Å². The molecule has 2 heteroatoms. The Morgan fingerprint density at radius 2 is 1.60 bits per heavy atom. The fourth-order valence-corrected chi connectivity index (χ4v) is 20.5. The molecule has 0 aromatic heterocycles. The molecule has 30 heavy (non-hydrogen) atoms. The number of aryl methyl sites for hydroxylation is 1. The van der Waals surface area contributed by atoms with Crippen LogP contribution in [0.2, 0.25) is 13.3 Å². The van der Waals surface area contributed by atoms with Crippen LogP contribution in [-0.2, 0) is 6.42 Å². The Bertz CT molecular complexity index is 630. The Balaban J connectivity index is 1.69. The van der Waals surface area contributed by atoms with Gasteiger partial charge in [-0.15, -0.1) is 0 Å². The molecule has 0 saturated carbocycles. The standard InChI is InChI=1S/C16H20N.3C4H9.Sn/c1-2-11-17-12-5-8-15-14-7-4-3-6-13(14)9-10-16(15)17;3*1-3-4-2;/h1-4,6-7,15-16H,5,8-12H2;3*1,3-4H2,2H3;/t15-,16-;;;;/m1..../s1. The fourth-order valence-electron chi connectivity index (χ4n) is 6.18. The van der Waals surface area contributed by atoms with E-state index in [1.165, 1.54) is 77.3 Å². The molecular weight excluding hydrogens is 469 g/mol. The number of hydrogen-bond acceptors (Lipinski definition) is 1. The average molecular weight is 516 g/mol. The molecule has 1 aromatic carbocycles. The van der Waals surface area contributed by atoms with Crippen LogP contribution >= 0.6 is 0 Å². The van der Waals surface area contributed by atoms with Gasteiger partial charge in [0.1, 0.15) is 0 Å². The van der Waals surface area contributed by atoms with E-state index >= 15 is 0 Å². The summed E-state index contributed by atoms with van der Waals surface area (Å²) in [5.74, 6) is 0.783. The molecule has 0 amide bonds. The van der Waals surface area contributed by atoms with Crippen LogP contribution in [0.4, 0.5) is 0 Å². The summed E-state index contributed by atoms with van der Waals surface area (Å²) in [6.45, 7) is 9.68. The minimum absolute atomic E-state index is 0.782. The fraction of sp³-hybridized carbons (Fsp3) is 0.714. The van der Waals surface area contributed by atoms with E-state index in [0.717, 1.165) is 12.0 Å². The SMILES string of the molecule is CCC[CH2][Sn](/[CH]=C/CN1CCC[C@@H]2c3ccccc3CC[C@H]21)([CH2]CCC)[CH2]CCC. The zero-order chi connectivity index (χ0) is 21.2. The first-order valence-corrected chi connectivity index (χ1v) is 20.9. The van der Waals surface area contributed by atoms with Crippen molar-refractivity contribution in [3.8, 4) is 0 Å². The van der Waals surface area contributed by atoms with Crippen molar-refractivity contribution >= 4 is 18.4 Å². The summed E-state index contributed by atoms with van der Waals surface area (Å²) in [6.07, 6.45) is 16.6. The Kier molecular flexibility index (Phi) is 10.3. The molecule has 1 nitrogen and oxygen atoms in total. The first-order valence-electron chi connectivity index (χ1n) is 13.2. The normalized spacial score (nSPS) is 22.2. The van der Waals surface area contributed by atoms with Crippen LogP contribution in [0.1, 0.15) is 95.6 Å². The second-order valence-electron chi connectivity index (χ2n) is 10.1. The number of unbranched alkanes of at least 4 members (excludes halogenated alkanes) is 3. The Hall–Kier alpha value is -0.281. The number of fused-ring (bicyclic) bond motifs is 3. The monoisotopic (exact) mass is 517 g/mol. The van der Waals surface area contributed by atoms with Gasteiger partial charge >= 0.3 is 192 Å². The van der Waals surface area contributed by atoms with Crippen molar-refractivity contribution in [2.24, 2.45) is 0 Å². The Morgan fingerprint density at radius 3 is 2.27 bits per heavy atom. The summed E-state index contributed by atoms with van der Waals surface area (Å²) in [6, 6.07) is 10.1. The molecule has 0 radical (unpaired) electrons. The van der Waals surface area contributed by atoms with E-state index in [1.807, 2.05) is 0 Å². The first-order chi connectivity index (χ1) is 14.7. The maximum absolute atomic E-state index is 2.90. The number of nitrogens with zero attached hydrogens (tertiary/aromatic N) is 1. The summed E-state index contributed by atoms with van der Waals surface area (Å²) in [5.41, 5.74) is 3.30. The van der Waals surface area contributed by atoms with Crippen molar-refractivity contribution in [2.45, 2.75) is 110 Å². The molecule has 0 bridgehead atoms. The zero-order valence-electron chi connectivity index (χ0n) is 20.2. The third-order valence-corrected chi connectivity index (χ3v) is 22.2. The van der Waals surface area contributed by atoms with Gasteiger partial charge in [0, 0.05) is 0 Å². The molecular formula is C28H47NSn. The third kappa shape index (κ3) is 6.37. The molecule has 1 aliphatic heterocycles. The predicted molar refractivity (Wildman–Crippen MR) is 136 cm³/mol. The van der Waals surface area contributed by atoms with Gasteiger partial charge < -0.3 is 0 Å². The van der Waals surface area contributed by atoms with Gasteiger partial charge in [-0.3, -0.25) is 0 Å². The molecule has 0 spiro atoms. The quantitative estimate of drug-likeness (QED) is 0.254. The number of likely N-dealkylation sites (tertiary alicyclic amines) is 1. The summed E-state index contributed by atoms with van der Waals surface area (Å²) < 4.78 is 7.69. The third-order valence-electron chi connectivity index (χ3n) is 7.95. The molecule has 168 valence electrons. The summed E-state index contributed by atoms with van der Waals surface area (Å²) >= 11 is -2.12. The second-order valence-corrected chi connectivity index (χ2v) is 23.1. The number of piperidine rings is 1. The van der Waals surface area contributed by atoms with Crippen molar-refractivity contribution in [1.82, 2.24) is 4.90 Å². The molecule has 2 aliphatic rings. The molecule has 1 heterocycles. The number of rotatable bonds is 12. The molecule has 1 saturated heterocycles. The summed E-state index contributed by atoms with van der Waals surface area (Å²) in [7, 11) is 0. The van der Waals surface area contributed by atoms with E-state index in [4.69, 9.17) is 0 Å². The summed E-state index contributed by atoms with van der Waals surface area (Å²) in [4.78, 5) is 2.86. The molecule has 2 atom stereocenters. The van der Waals surface area contributed by atoms with Gasteiger partial charge in [0.25, 0.3) is 0 Å². The van der Waals surface area contributed by atoms with E-state index in [1.54, 1.807) is 24.4 Å². The number of benzene rings is 1. The van der Waals surface area contributed by atoms with Gasteiger partial charge in [-0.25, -0.2) is 0 Å². The molecule has 0 N–H and O–H groups in total. The van der Waals surface area contributed by atoms with E-state index in [-0.39, 0.29) is 0 Å². The van der Waals surface area contributed by atoms with Crippen molar-refractivity contribution in [3.05, 3.63) is 45.6 Å². The molecule has 3 rings (SSSR count). The molecule has 1 fully saturated rings. The second kappa shape index (κ2) is 12.7. The van der Waals surface area contributed by atoms with Crippen molar-refractivity contribution in [1.29, 1.82) is 0 Å². The average Bonchev–Trinajstić information content (AvgIpc) is 2.79. The van der Waals surface area contributed by atoms with Gasteiger partial charge in [0.15, 0.2) is 0 Å². The molecule has 1 aliphatic carbocycles. The van der Waals surface area contributed by atoms with E-state index < -0.39 is 18.4 Å². The Morgan fingerprint density at radius 1 is 0.933 bits per heavy atom. The Labute approximate surface area is 191 Å². The van der Waals surface area contributed by atoms with Crippen LogP contribution in [0.3, 0.4) is 0 Å². The van der Waals surface area contributed by atoms with Gasteiger partial charge in [-0.05, 0) is 0 Å². The van der Waals surface area contributed by atoms with Gasteiger partial charge in [-0.2, -0.15) is 0 Å². The zero-order valence-corrected chi connectivity index (χ0v) is 23.0. The minimum atomic E-state index is -2.12. The topological polar surface area (TPSA) is 3.24 Å². The van der Waals surface area contributed by atoms with Crippen LogP contribution in [0, 0.1) is 0 Å². The maximum atomic E-state index is 2.90.